The number of fused-ring (bicyclic) bond motifs is 2. The Bertz CT molecular complexity index is 486. The van der Waals surface area contributed by atoms with E-state index in [1.807, 2.05) is 20.8 Å². The van der Waals surface area contributed by atoms with Crippen molar-refractivity contribution in [3.05, 3.63) is 23.3 Å². The average molecular weight is 248 g/mol. The molecule has 18 heavy (non-hydrogen) atoms. The smallest absolute Gasteiger partial charge is 0.161 e. The van der Waals surface area contributed by atoms with Gasteiger partial charge in [-0.2, -0.15) is 0 Å². The normalized spacial score (nSPS) is 46.6. The first-order valence-electron chi connectivity index (χ1n) is 6.58. The van der Waals surface area contributed by atoms with E-state index in [0.29, 0.717) is 12.3 Å². The van der Waals surface area contributed by atoms with E-state index in [1.54, 1.807) is 0 Å². The number of ketones is 1. The Kier molecular flexibility index (Phi) is 2.25. The first-order valence-corrected chi connectivity index (χ1v) is 6.58. The summed E-state index contributed by atoms with van der Waals surface area (Å²) in [5.41, 5.74) is 1.26. The molecule has 0 aromatic carbocycles. The van der Waals surface area contributed by atoms with Crippen LogP contribution in [0.5, 0.6) is 0 Å². The van der Waals surface area contributed by atoms with Crippen LogP contribution in [-0.2, 0) is 9.53 Å². The zero-order valence-electron chi connectivity index (χ0n) is 11.2. The molecule has 3 heteroatoms. The van der Waals surface area contributed by atoms with E-state index in [2.05, 4.69) is 6.58 Å². The summed E-state index contributed by atoms with van der Waals surface area (Å²) < 4.78 is 5.98. The molecule has 0 radical (unpaired) electrons. The highest BCUT2D eigenvalue weighted by Gasteiger charge is 2.70. The van der Waals surface area contributed by atoms with Crippen LogP contribution in [0.4, 0.5) is 0 Å². The van der Waals surface area contributed by atoms with E-state index in [0.717, 1.165) is 29.6 Å². The number of carbonyl (C=O) groups is 1. The van der Waals surface area contributed by atoms with E-state index in [4.69, 9.17) is 4.74 Å². The molecule has 1 N–H and O–H groups in total. The van der Waals surface area contributed by atoms with E-state index >= 15 is 0 Å². The molecule has 3 fully saturated rings. The Morgan fingerprint density at radius 2 is 2.22 bits per heavy atom. The van der Waals surface area contributed by atoms with Crippen LogP contribution in [0.3, 0.4) is 0 Å². The van der Waals surface area contributed by atoms with Crippen molar-refractivity contribution in [1.82, 2.24) is 0 Å². The predicted octanol–water partition coefficient (Wildman–Crippen LogP) is 2.15. The van der Waals surface area contributed by atoms with E-state index in [9.17, 15) is 9.90 Å². The number of rotatable bonds is 1. The van der Waals surface area contributed by atoms with Crippen molar-refractivity contribution >= 4 is 5.78 Å². The Morgan fingerprint density at radius 1 is 1.56 bits per heavy atom. The highest BCUT2D eigenvalue weighted by Crippen LogP contribution is 2.60. The van der Waals surface area contributed by atoms with Crippen molar-refractivity contribution in [3.63, 3.8) is 0 Å². The molecule has 2 saturated heterocycles. The predicted molar refractivity (Wildman–Crippen MR) is 68.1 cm³/mol. The van der Waals surface area contributed by atoms with Gasteiger partial charge in [0.1, 0.15) is 11.2 Å². The van der Waals surface area contributed by atoms with Gasteiger partial charge < -0.3 is 9.84 Å². The lowest BCUT2D eigenvalue weighted by Gasteiger charge is -2.57. The molecule has 0 amide bonds. The zero-order valence-corrected chi connectivity index (χ0v) is 11.2. The van der Waals surface area contributed by atoms with Crippen molar-refractivity contribution in [2.45, 2.75) is 57.3 Å². The standard InChI is InChI=1S/C15H20O3/c1-8(2)10-5-11-9(3)12(16)7-15(11)14(4,17)13(6-10)18-15/h10,13,17H,1,5-7H2,2-4H3/t10-,13+,14-,15-/m0/s1. The summed E-state index contributed by atoms with van der Waals surface area (Å²) >= 11 is 0. The molecule has 3 nitrogen and oxygen atoms in total. The number of hydrogen-bond donors (Lipinski definition) is 1. The van der Waals surface area contributed by atoms with E-state index < -0.39 is 11.2 Å². The molecule has 0 aromatic heterocycles. The lowest BCUT2D eigenvalue weighted by Crippen LogP contribution is -2.72. The largest absolute Gasteiger partial charge is 0.384 e. The fourth-order valence-electron chi connectivity index (χ4n) is 3.77. The van der Waals surface area contributed by atoms with Gasteiger partial charge in [-0.1, -0.05) is 12.2 Å². The Morgan fingerprint density at radius 3 is 2.78 bits per heavy atom. The lowest BCUT2D eigenvalue weighted by atomic mass is 9.70. The van der Waals surface area contributed by atoms with Gasteiger partial charge in [0.2, 0.25) is 0 Å². The van der Waals surface area contributed by atoms with Crippen molar-refractivity contribution in [2.24, 2.45) is 5.92 Å². The van der Waals surface area contributed by atoms with Crippen LogP contribution < -0.4 is 0 Å². The summed E-state index contributed by atoms with van der Waals surface area (Å²) in [5.74, 6) is 0.424. The van der Waals surface area contributed by atoms with Crippen molar-refractivity contribution in [3.8, 4) is 0 Å². The summed E-state index contributed by atoms with van der Waals surface area (Å²) in [6, 6.07) is 0. The fourth-order valence-corrected chi connectivity index (χ4v) is 3.77. The number of hydrogen-bond acceptors (Lipinski definition) is 3. The number of ether oxygens (including phenoxy) is 1. The molecule has 2 aliphatic heterocycles. The van der Waals surface area contributed by atoms with Crippen molar-refractivity contribution < 1.29 is 14.6 Å². The SMILES string of the molecule is C=C(C)[C@H]1CC2=C(C)C(=O)C[C@]23O[C@H](C1)[C@]3(C)O. The molecule has 2 aliphatic carbocycles. The van der Waals surface area contributed by atoms with Gasteiger partial charge >= 0.3 is 0 Å². The minimum absolute atomic E-state index is 0.117. The maximum absolute atomic E-state index is 12.0. The minimum atomic E-state index is -0.917. The number of Topliss-reactive ketones (excluding diaryl/α,β-unsaturated/α-hetero) is 1. The van der Waals surface area contributed by atoms with E-state index in [1.165, 1.54) is 0 Å². The second-order valence-corrected chi connectivity index (χ2v) is 6.27. The molecular weight excluding hydrogens is 228 g/mol. The number of allylic oxidation sites excluding steroid dienone is 2. The van der Waals surface area contributed by atoms with E-state index in [-0.39, 0.29) is 11.9 Å². The lowest BCUT2D eigenvalue weighted by molar-refractivity contribution is -0.323. The number of aliphatic hydroxyl groups is 1. The quantitative estimate of drug-likeness (QED) is 0.723. The van der Waals surface area contributed by atoms with Crippen LogP contribution >= 0.6 is 0 Å². The molecular formula is C15H20O3. The molecule has 4 atom stereocenters. The van der Waals surface area contributed by atoms with Crippen molar-refractivity contribution in [2.75, 3.05) is 0 Å². The van der Waals surface area contributed by atoms with Gasteiger partial charge in [0.05, 0.1) is 6.10 Å². The fraction of sp³-hybridized carbons (Fsp3) is 0.667. The number of carbonyl (C=O) groups excluding carboxylic acids is 1. The van der Waals surface area contributed by atoms with Crippen LogP contribution in [0.15, 0.2) is 23.3 Å². The summed E-state index contributed by atoms with van der Waals surface area (Å²) in [6.07, 6.45) is 1.74. The Balaban J connectivity index is 2.11. The van der Waals surface area contributed by atoms with Gasteiger partial charge in [0.25, 0.3) is 0 Å². The molecule has 2 heterocycles. The highest BCUT2D eigenvalue weighted by atomic mass is 16.6. The average Bonchev–Trinajstić information content (AvgIpc) is 2.46. The first-order chi connectivity index (χ1) is 8.29. The van der Waals surface area contributed by atoms with Crippen LogP contribution in [0.25, 0.3) is 0 Å². The topological polar surface area (TPSA) is 46.5 Å². The van der Waals surface area contributed by atoms with Crippen LogP contribution in [0.2, 0.25) is 0 Å². The molecule has 2 bridgehead atoms. The Hall–Kier alpha value is -0.930. The molecule has 0 aromatic rings. The van der Waals surface area contributed by atoms with Gasteiger partial charge in [-0.25, -0.2) is 0 Å². The third kappa shape index (κ3) is 1.19. The minimum Gasteiger partial charge on any atom is -0.384 e. The Labute approximate surface area is 108 Å². The maximum Gasteiger partial charge on any atom is 0.161 e. The van der Waals surface area contributed by atoms with Gasteiger partial charge in [0, 0.05) is 6.42 Å². The van der Waals surface area contributed by atoms with Gasteiger partial charge in [0.15, 0.2) is 5.78 Å². The second kappa shape index (κ2) is 3.34. The zero-order chi connectivity index (χ0) is 13.3. The van der Waals surface area contributed by atoms with Crippen LogP contribution in [0.1, 0.15) is 40.0 Å². The molecule has 1 spiro atoms. The van der Waals surface area contributed by atoms with Gasteiger partial charge in [-0.15, -0.1) is 0 Å². The monoisotopic (exact) mass is 248 g/mol. The second-order valence-electron chi connectivity index (χ2n) is 6.27. The van der Waals surface area contributed by atoms with Crippen LogP contribution in [-0.4, -0.2) is 28.2 Å². The molecule has 98 valence electrons. The van der Waals surface area contributed by atoms with Gasteiger partial charge in [-0.3, -0.25) is 4.79 Å². The van der Waals surface area contributed by atoms with Crippen LogP contribution in [0, 0.1) is 5.92 Å². The third-order valence-electron chi connectivity index (χ3n) is 5.20. The summed E-state index contributed by atoms with van der Waals surface area (Å²) in [6.45, 7) is 9.72. The summed E-state index contributed by atoms with van der Waals surface area (Å²) in [7, 11) is 0. The summed E-state index contributed by atoms with van der Waals surface area (Å²) in [4.78, 5) is 12.0. The molecule has 4 aliphatic rings. The van der Waals surface area contributed by atoms with Crippen molar-refractivity contribution in [1.29, 1.82) is 0 Å². The first kappa shape index (κ1) is 12.1. The van der Waals surface area contributed by atoms with Gasteiger partial charge in [-0.05, 0) is 50.7 Å². The maximum atomic E-state index is 12.0. The third-order valence-corrected chi connectivity index (χ3v) is 5.20. The highest BCUT2D eigenvalue weighted by molar-refractivity contribution is 6.00. The molecule has 0 unspecified atom stereocenters. The molecule has 1 saturated carbocycles. The molecule has 4 rings (SSSR count). The summed E-state index contributed by atoms with van der Waals surface area (Å²) in [5, 5.41) is 10.7.